The number of amides is 3. The number of hydrogen-bond acceptors (Lipinski definition) is 4. The molecule has 7 nitrogen and oxygen atoms in total. The number of ether oxygens (including phenoxy) is 2. The molecule has 3 aliphatic rings. The van der Waals surface area contributed by atoms with Crippen LogP contribution in [-0.4, -0.2) is 56.2 Å². The van der Waals surface area contributed by atoms with Gasteiger partial charge in [0.1, 0.15) is 19.3 Å². The molecule has 0 aromatic heterocycles. The van der Waals surface area contributed by atoms with Crippen molar-refractivity contribution in [3.8, 4) is 11.5 Å². The smallest absolute Gasteiger partial charge is 0.324 e. The number of fused-ring (bicyclic) bond motifs is 1. The molecule has 128 valence electrons. The van der Waals surface area contributed by atoms with Crippen molar-refractivity contribution in [1.29, 1.82) is 0 Å². The van der Waals surface area contributed by atoms with Gasteiger partial charge in [0.15, 0.2) is 18.0 Å². The second-order valence-corrected chi connectivity index (χ2v) is 6.46. The largest absolute Gasteiger partial charge is 0.486 e. The van der Waals surface area contributed by atoms with Crippen LogP contribution in [0.2, 0.25) is 0 Å². The first-order valence-corrected chi connectivity index (χ1v) is 8.55. The lowest BCUT2D eigenvalue weighted by Gasteiger charge is -2.24. The van der Waals surface area contributed by atoms with E-state index >= 15 is 0 Å². The number of rotatable bonds is 3. The normalized spacial score (nSPS) is 25.7. The average molecular weight is 332 g/mol. The van der Waals surface area contributed by atoms with E-state index in [0.29, 0.717) is 32.8 Å². The molecule has 0 aliphatic carbocycles. The van der Waals surface area contributed by atoms with E-state index in [9.17, 15) is 9.59 Å². The predicted octanol–water partition coefficient (Wildman–Crippen LogP) is -0.271. The highest BCUT2D eigenvalue weighted by molar-refractivity contribution is 5.96. The Morgan fingerprint density at radius 3 is 2.92 bits per heavy atom. The summed E-state index contributed by atoms with van der Waals surface area (Å²) in [4.78, 5) is 26.6. The van der Waals surface area contributed by atoms with E-state index in [1.54, 1.807) is 0 Å². The van der Waals surface area contributed by atoms with Gasteiger partial charge in [-0.15, -0.1) is 0 Å². The second kappa shape index (κ2) is 6.32. The first-order valence-electron chi connectivity index (χ1n) is 8.55. The van der Waals surface area contributed by atoms with Crippen LogP contribution in [-0.2, 0) is 4.79 Å². The molecule has 4 rings (SSSR count). The minimum atomic E-state index is -0.269. The first kappa shape index (κ1) is 15.3. The number of carbonyl (C=O) groups excluding carboxylic acids is 2. The molecule has 0 saturated carbocycles. The highest BCUT2D eigenvalue weighted by Crippen LogP contribution is 2.33. The zero-order chi connectivity index (χ0) is 16.5. The Balaban J connectivity index is 1.48. The number of nitrogens with one attached hydrogen (secondary N) is 2. The second-order valence-electron chi connectivity index (χ2n) is 6.46. The lowest BCUT2D eigenvalue weighted by atomic mass is 10.0. The van der Waals surface area contributed by atoms with Crippen LogP contribution in [0.3, 0.4) is 0 Å². The highest BCUT2D eigenvalue weighted by atomic mass is 16.6. The van der Waals surface area contributed by atoms with Gasteiger partial charge < -0.3 is 19.7 Å². The van der Waals surface area contributed by atoms with E-state index in [1.165, 1.54) is 15.4 Å². The molecule has 24 heavy (non-hydrogen) atoms. The van der Waals surface area contributed by atoms with Crippen molar-refractivity contribution >= 4 is 11.9 Å². The summed E-state index contributed by atoms with van der Waals surface area (Å²) in [7, 11) is 0. The molecule has 1 unspecified atom stereocenters. The van der Waals surface area contributed by atoms with E-state index in [1.807, 2.05) is 12.1 Å². The number of quaternary nitrogens is 1. The van der Waals surface area contributed by atoms with Gasteiger partial charge in [-0.1, -0.05) is 0 Å². The van der Waals surface area contributed by atoms with E-state index in [-0.39, 0.29) is 18.0 Å². The van der Waals surface area contributed by atoms with Crippen LogP contribution in [0.4, 0.5) is 4.79 Å². The third-order valence-electron chi connectivity index (χ3n) is 4.99. The topological polar surface area (TPSA) is 72.3 Å². The van der Waals surface area contributed by atoms with E-state index < -0.39 is 0 Å². The SMILES string of the molecule is O=C(C[NH+]1CCC[C@@H]1c1ccc2c(c1)OCCO2)N1CCNC1=O. The minimum Gasteiger partial charge on any atom is -0.486 e. The fraction of sp³-hybridized carbons (Fsp3) is 0.529. The Bertz CT molecular complexity index is 663. The molecule has 2 N–H and O–H groups in total. The van der Waals surface area contributed by atoms with Crippen LogP contribution in [0.5, 0.6) is 11.5 Å². The molecule has 3 amide bonds. The predicted molar refractivity (Wildman–Crippen MR) is 85.2 cm³/mol. The van der Waals surface area contributed by atoms with E-state index in [4.69, 9.17) is 9.47 Å². The van der Waals surface area contributed by atoms with Gasteiger partial charge in [0.05, 0.1) is 6.54 Å². The van der Waals surface area contributed by atoms with E-state index in [2.05, 4.69) is 11.4 Å². The number of imide groups is 1. The van der Waals surface area contributed by atoms with Crippen molar-refractivity contribution in [2.45, 2.75) is 18.9 Å². The Labute approximate surface area is 140 Å². The van der Waals surface area contributed by atoms with Crippen LogP contribution in [0.1, 0.15) is 24.4 Å². The molecule has 2 fully saturated rings. The van der Waals surface area contributed by atoms with Crippen LogP contribution < -0.4 is 19.7 Å². The fourth-order valence-electron chi connectivity index (χ4n) is 3.80. The van der Waals surface area contributed by atoms with Gasteiger partial charge in [0, 0.05) is 31.5 Å². The molecule has 3 aliphatic heterocycles. The van der Waals surface area contributed by atoms with Crippen molar-refractivity contribution < 1.29 is 24.0 Å². The zero-order valence-electron chi connectivity index (χ0n) is 13.5. The maximum Gasteiger partial charge on any atom is 0.324 e. The lowest BCUT2D eigenvalue weighted by Crippen LogP contribution is -3.11. The van der Waals surface area contributed by atoms with Gasteiger partial charge >= 0.3 is 6.03 Å². The summed E-state index contributed by atoms with van der Waals surface area (Å²) in [6.45, 7) is 3.47. The van der Waals surface area contributed by atoms with Crippen molar-refractivity contribution in [1.82, 2.24) is 10.2 Å². The van der Waals surface area contributed by atoms with Gasteiger partial charge in [-0.25, -0.2) is 4.79 Å². The van der Waals surface area contributed by atoms with Crippen LogP contribution in [0, 0.1) is 0 Å². The molecule has 3 heterocycles. The molecular weight excluding hydrogens is 310 g/mol. The number of nitrogens with zero attached hydrogens (tertiary/aromatic N) is 1. The molecule has 0 bridgehead atoms. The molecule has 0 spiro atoms. The number of likely N-dealkylation sites (tertiary alicyclic amines) is 1. The summed E-state index contributed by atoms with van der Waals surface area (Å²) < 4.78 is 11.2. The van der Waals surface area contributed by atoms with Gasteiger partial charge in [-0.3, -0.25) is 9.69 Å². The number of urea groups is 1. The van der Waals surface area contributed by atoms with Crippen LogP contribution in [0.25, 0.3) is 0 Å². The van der Waals surface area contributed by atoms with Crippen LogP contribution >= 0.6 is 0 Å². The van der Waals surface area contributed by atoms with E-state index in [0.717, 1.165) is 30.9 Å². The zero-order valence-corrected chi connectivity index (χ0v) is 13.5. The van der Waals surface area contributed by atoms with Gasteiger partial charge in [0.2, 0.25) is 0 Å². The average Bonchev–Trinajstić information content (AvgIpc) is 3.23. The van der Waals surface area contributed by atoms with Crippen molar-refractivity contribution in [3.05, 3.63) is 23.8 Å². The number of benzene rings is 1. The maximum absolute atomic E-state index is 12.4. The quantitative estimate of drug-likeness (QED) is 0.799. The fourth-order valence-corrected chi connectivity index (χ4v) is 3.80. The van der Waals surface area contributed by atoms with Gasteiger partial charge in [-0.2, -0.15) is 0 Å². The van der Waals surface area contributed by atoms with Gasteiger partial charge in [0.25, 0.3) is 5.91 Å². The molecule has 7 heteroatoms. The molecule has 2 saturated heterocycles. The summed E-state index contributed by atoms with van der Waals surface area (Å²) >= 11 is 0. The summed E-state index contributed by atoms with van der Waals surface area (Å²) in [5.74, 6) is 1.48. The Morgan fingerprint density at radius 2 is 2.12 bits per heavy atom. The third-order valence-corrected chi connectivity index (χ3v) is 4.99. The monoisotopic (exact) mass is 332 g/mol. The Kier molecular flexibility index (Phi) is 4.02. The Morgan fingerprint density at radius 1 is 1.29 bits per heavy atom. The third kappa shape index (κ3) is 2.80. The Hall–Kier alpha value is -2.28. The first-order chi connectivity index (χ1) is 11.7. The molecule has 2 atom stereocenters. The molecule has 1 aromatic rings. The summed E-state index contributed by atoms with van der Waals surface area (Å²) in [5.41, 5.74) is 1.17. The standard InChI is InChI=1S/C17H21N3O4/c21-16(20-7-5-18-17(20)22)11-19-6-1-2-13(19)12-3-4-14-15(10-12)24-9-8-23-14/h3-4,10,13H,1-2,5-9,11H2,(H,18,22)/p+1/t13-/m1/s1. The maximum atomic E-state index is 12.4. The van der Waals surface area contributed by atoms with Gasteiger partial charge in [-0.05, 0) is 18.2 Å². The molecular formula is C17H22N3O4+. The molecule has 1 aromatic carbocycles. The van der Waals surface area contributed by atoms with Crippen LogP contribution in [0.15, 0.2) is 18.2 Å². The van der Waals surface area contributed by atoms with Crippen molar-refractivity contribution in [2.75, 3.05) is 39.4 Å². The van der Waals surface area contributed by atoms with Crippen molar-refractivity contribution in [3.63, 3.8) is 0 Å². The molecule has 0 radical (unpaired) electrons. The minimum absolute atomic E-state index is 0.0931. The number of hydrogen-bond donors (Lipinski definition) is 2. The summed E-state index contributed by atoms with van der Waals surface area (Å²) in [5, 5.41) is 2.68. The number of carbonyl (C=O) groups is 2. The summed E-state index contributed by atoms with van der Waals surface area (Å²) in [6, 6.07) is 6.05. The summed E-state index contributed by atoms with van der Waals surface area (Å²) in [6.07, 6.45) is 2.11. The van der Waals surface area contributed by atoms with Crippen molar-refractivity contribution in [2.24, 2.45) is 0 Å². The lowest BCUT2D eigenvalue weighted by molar-refractivity contribution is -0.910. The highest BCUT2D eigenvalue weighted by Gasteiger charge is 2.35.